The highest BCUT2D eigenvalue weighted by molar-refractivity contribution is 7.92. The fourth-order valence-electron chi connectivity index (χ4n) is 1.71. The van der Waals surface area contributed by atoms with Gasteiger partial charge in [0.2, 0.25) is 0 Å². The van der Waals surface area contributed by atoms with E-state index in [2.05, 4.69) is 4.72 Å². The van der Waals surface area contributed by atoms with Crippen LogP contribution in [0.5, 0.6) is 0 Å². The lowest BCUT2D eigenvalue weighted by molar-refractivity contribution is 0.601. The topological polar surface area (TPSA) is 72.2 Å². The van der Waals surface area contributed by atoms with E-state index in [1.807, 2.05) is 6.92 Å². The van der Waals surface area contributed by atoms with E-state index in [4.69, 9.17) is 17.3 Å². The van der Waals surface area contributed by atoms with Gasteiger partial charge >= 0.3 is 0 Å². The lowest BCUT2D eigenvalue weighted by Gasteiger charge is -2.11. The number of nitrogens with two attached hydrogens (primary N) is 1. The third kappa shape index (κ3) is 3.30. The van der Waals surface area contributed by atoms with E-state index >= 15 is 0 Å². The van der Waals surface area contributed by atoms with Gasteiger partial charge in [0, 0.05) is 11.6 Å². The molecule has 2 rings (SSSR count). The van der Waals surface area contributed by atoms with E-state index in [9.17, 15) is 8.42 Å². The van der Waals surface area contributed by atoms with Gasteiger partial charge in [-0.25, -0.2) is 8.42 Å². The summed E-state index contributed by atoms with van der Waals surface area (Å²) in [6, 6.07) is 11.5. The summed E-state index contributed by atoms with van der Waals surface area (Å²) in [5, 5.41) is 0.478. The molecule has 0 aliphatic carbocycles. The van der Waals surface area contributed by atoms with Crippen molar-refractivity contribution in [3.8, 4) is 0 Å². The largest absolute Gasteiger partial charge is 0.326 e. The molecule has 106 valence electrons. The van der Waals surface area contributed by atoms with Crippen molar-refractivity contribution in [1.29, 1.82) is 0 Å². The smallest absolute Gasteiger partial charge is 0.261 e. The maximum Gasteiger partial charge on any atom is 0.261 e. The van der Waals surface area contributed by atoms with E-state index in [-0.39, 0.29) is 4.90 Å². The van der Waals surface area contributed by atoms with Crippen LogP contribution in [0.3, 0.4) is 0 Å². The van der Waals surface area contributed by atoms with Gasteiger partial charge in [-0.15, -0.1) is 0 Å². The molecule has 0 aliphatic rings. The molecule has 0 heterocycles. The van der Waals surface area contributed by atoms with Crippen molar-refractivity contribution >= 4 is 27.3 Å². The summed E-state index contributed by atoms with van der Waals surface area (Å²) in [5.74, 6) is 0. The zero-order valence-electron chi connectivity index (χ0n) is 10.9. The lowest BCUT2D eigenvalue weighted by atomic mass is 10.2. The van der Waals surface area contributed by atoms with Crippen LogP contribution in [0, 0.1) is 6.92 Å². The molecule has 0 fully saturated rings. The number of nitrogens with one attached hydrogen (secondary N) is 1. The van der Waals surface area contributed by atoms with Crippen molar-refractivity contribution in [1.82, 2.24) is 0 Å². The Balaban J connectivity index is 2.32. The fraction of sp³-hybridized carbons (Fsp3) is 0.143. The molecule has 0 unspecified atom stereocenters. The summed E-state index contributed by atoms with van der Waals surface area (Å²) in [6.45, 7) is 2.19. The van der Waals surface area contributed by atoms with Gasteiger partial charge in [0.05, 0.1) is 10.6 Å². The Hall–Kier alpha value is -1.56. The summed E-state index contributed by atoms with van der Waals surface area (Å²) < 4.78 is 27.1. The number of halogens is 1. The molecule has 6 heteroatoms. The van der Waals surface area contributed by atoms with E-state index in [0.29, 0.717) is 17.3 Å². The van der Waals surface area contributed by atoms with Gasteiger partial charge in [-0.05, 0) is 42.3 Å². The van der Waals surface area contributed by atoms with Crippen LogP contribution in [0.25, 0.3) is 0 Å². The van der Waals surface area contributed by atoms with Crippen LogP contribution < -0.4 is 10.5 Å². The Kier molecular flexibility index (Phi) is 4.32. The minimum absolute atomic E-state index is 0.189. The number of hydrogen-bond donors (Lipinski definition) is 2. The third-order valence-electron chi connectivity index (χ3n) is 2.91. The van der Waals surface area contributed by atoms with Crippen LogP contribution in [0.4, 0.5) is 5.69 Å². The van der Waals surface area contributed by atoms with Crippen LogP contribution in [0.15, 0.2) is 47.4 Å². The van der Waals surface area contributed by atoms with E-state index in [1.54, 1.807) is 30.3 Å². The predicted molar refractivity (Wildman–Crippen MR) is 81.3 cm³/mol. The molecule has 0 spiro atoms. The number of anilines is 1. The van der Waals surface area contributed by atoms with Crippen molar-refractivity contribution in [3.63, 3.8) is 0 Å². The number of hydrogen-bond acceptors (Lipinski definition) is 3. The van der Waals surface area contributed by atoms with Crippen molar-refractivity contribution < 1.29 is 8.42 Å². The summed E-state index contributed by atoms with van der Waals surface area (Å²) in [5.41, 5.74) is 7.64. The molecule has 3 N–H and O–H groups in total. The maximum absolute atomic E-state index is 12.3. The number of sulfonamides is 1. The van der Waals surface area contributed by atoms with Crippen LogP contribution in [0.2, 0.25) is 5.02 Å². The molecule has 0 radical (unpaired) electrons. The first kappa shape index (κ1) is 14.8. The zero-order valence-corrected chi connectivity index (χ0v) is 12.5. The van der Waals surface area contributed by atoms with Gasteiger partial charge in [-0.1, -0.05) is 29.8 Å². The summed E-state index contributed by atoms with van der Waals surface area (Å²) in [6.07, 6.45) is 0. The molecule has 2 aromatic rings. The minimum atomic E-state index is -3.63. The molecule has 0 amide bonds. The molecule has 0 atom stereocenters. The Bertz CT molecular complexity index is 712. The van der Waals surface area contributed by atoms with Crippen molar-refractivity contribution in [2.75, 3.05) is 4.72 Å². The van der Waals surface area contributed by atoms with Gasteiger partial charge in [0.1, 0.15) is 0 Å². The van der Waals surface area contributed by atoms with E-state index < -0.39 is 10.0 Å². The number of aryl methyl sites for hydroxylation is 1. The standard InChI is InChI=1S/C14H15ClN2O2S/c1-10-2-5-12(15)8-14(10)17-20(18,19)13-6-3-11(9-16)4-7-13/h2-8,17H,9,16H2,1H3. The Labute approximate surface area is 123 Å². The van der Waals surface area contributed by atoms with Gasteiger partial charge in [0.15, 0.2) is 0 Å². The van der Waals surface area contributed by atoms with Gasteiger partial charge in [0.25, 0.3) is 10.0 Å². The Morgan fingerprint density at radius 3 is 2.40 bits per heavy atom. The van der Waals surface area contributed by atoms with Gasteiger partial charge in [-0.3, -0.25) is 4.72 Å². The highest BCUT2D eigenvalue weighted by atomic mass is 35.5. The Morgan fingerprint density at radius 2 is 1.80 bits per heavy atom. The molecule has 20 heavy (non-hydrogen) atoms. The third-order valence-corrected chi connectivity index (χ3v) is 4.53. The van der Waals surface area contributed by atoms with Crippen LogP contribution in [-0.2, 0) is 16.6 Å². The highest BCUT2D eigenvalue weighted by Gasteiger charge is 2.15. The second-order valence-corrected chi connectivity index (χ2v) is 6.53. The molecule has 0 saturated carbocycles. The summed E-state index contributed by atoms with van der Waals surface area (Å²) in [4.78, 5) is 0.189. The molecule has 4 nitrogen and oxygen atoms in total. The molecular formula is C14H15ClN2O2S. The van der Waals surface area contributed by atoms with Gasteiger partial charge in [-0.2, -0.15) is 0 Å². The average Bonchev–Trinajstić information content (AvgIpc) is 2.43. The molecule has 0 saturated heterocycles. The summed E-state index contributed by atoms with van der Waals surface area (Å²) >= 11 is 5.88. The monoisotopic (exact) mass is 310 g/mol. The van der Waals surface area contributed by atoms with Crippen molar-refractivity contribution in [2.24, 2.45) is 5.73 Å². The second kappa shape index (κ2) is 5.83. The predicted octanol–water partition coefficient (Wildman–Crippen LogP) is 2.91. The molecule has 0 aromatic heterocycles. The first-order valence-electron chi connectivity index (χ1n) is 6.00. The molecule has 0 bridgehead atoms. The summed E-state index contributed by atoms with van der Waals surface area (Å²) in [7, 11) is -3.63. The molecule has 0 aliphatic heterocycles. The van der Waals surface area contributed by atoms with Gasteiger partial charge < -0.3 is 5.73 Å². The molecular weight excluding hydrogens is 296 g/mol. The second-order valence-electron chi connectivity index (χ2n) is 4.41. The SMILES string of the molecule is Cc1ccc(Cl)cc1NS(=O)(=O)c1ccc(CN)cc1. The van der Waals surface area contributed by atoms with E-state index in [0.717, 1.165) is 11.1 Å². The minimum Gasteiger partial charge on any atom is -0.326 e. The van der Waals surface area contributed by atoms with Crippen molar-refractivity contribution in [3.05, 3.63) is 58.6 Å². The number of rotatable bonds is 4. The van der Waals surface area contributed by atoms with E-state index in [1.165, 1.54) is 12.1 Å². The fourth-order valence-corrected chi connectivity index (χ4v) is 3.01. The Morgan fingerprint density at radius 1 is 1.15 bits per heavy atom. The normalized spacial score (nSPS) is 11.3. The maximum atomic E-state index is 12.3. The van der Waals surface area contributed by atoms with Crippen LogP contribution in [0.1, 0.15) is 11.1 Å². The molecule has 2 aromatic carbocycles. The lowest BCUT2D eigenvalue weighted by Crippen LogP contribution is -2.14. The zero-order chi connectivity index (χ0) is 14.8. The highest BCUT2D eigenvalue weighted by Crippen LogP contribution is 2.23. The quantitative estimate of drug-likeness (QED) is 0.912. The number of benzene rings is 2. The van der Waals surface area contributed by atoms with Crippen LogP contribution >= 0.6 is 11.6 Å². The van der Waals surface area contributed by atoms with Crippen LogP contribution in [-0.4, -0.2) is 8.42 Å². The average molecular weight is 311 g/mol. The van der Waals surface area contributed by atoms with Crippen molar-refractivity contribution in [2.45, 2.75) is 18.4 Å². The first-order chi connectivity index (χ1) is 9.42. The first-order valence-corrected chi connectivity index (χ1v) is 7.86.